The topological polar surface area (TPSA) is 44.0 Å². The molecule has 2 bridgehead atoms. The smallest absolute Gasteiger partial charge is 0.0627 e. The number of nitriles is 1. The van der Waals surface area contributed by atoms with Crippen molar-refractivity contribution in [2.24, 2.45) is 17.3 Å². The molecule has 2 fully saturated rings. The molecule has 0 heterocycles. The Morgan fingerprint density at radius 1 is 1.58 bits per heavy atom. The van der Waals surface area contributed by atoms with Crippen LogP contribution in [-0.4, -0.2) is 11.7 Å². The minimum Gasteiger partial charge on any atom is -0.396 e. The summed E-state index contributed by atoms with van der Waals surface area (Å²) in [4.78, 5) is 0. The van der Waals surface area contributed by atoms with Crippen LogP contribution in [0.1, 0.15) is 32.1 Å². The molecule has 0 aromatic carbocycles. The number of fused-ring (bicyclic) bond motifs is 2. The molecule has 12 heavy (non-hydrogen) atoms. The highest BCUT2D eigenvalue weighted by atomic mass is 16.3. The van der Waals surface area contributed by atoms with E-state index in [1.807, 2.05) is 0 Å². The molecule has 3 unspecified atom stereocenters. The average Bonchev–Trinajstić information content (AvgIpc) is 2.60. The fourth-order valence-electron chi connectivity index (χ4n) is 3.23. The van der Waals surface area contributed by atoms with E-state index in [9.17, 15) is 5.11 Å². The lowest BCUT2D eigenvalue weighted by Crippen LogP contribution is -2.27. The fraction of sp³-hybridized carbons (Fsp3) is 0.900. The van der Waals surface area contributed by atoms with Crippen molar-refractivity contribution in [2.75, 3.05) is 6.61 Å². The van der Waals surface area contributed by atoms with E-state index in [1.54, 1.807) is 0 Å². The van der Waals surface area contributed by atoms with Crippen LogP contribution in [0.3, 0.4) is 0 Å². The Bertz CT molecular complexity index is 220. The molecule has 0 radical (unpaired) electrons. The van der Waals surface area contributed by atoms with Crippen LogP contribution >= 0.6 is 0 Å². The van der Waals surface area contributed by atoms with Crippen LogP contribution in [0.15, 0.2) is 0 Å². The van der Waals surface area contributed by atoms with Gasteiger partial charge in [0.1, 0.15) is 0 Å². The lowest BCUT2D eigenvalue weighted by molar-refractivity contribution is 0.107. The van der Waals surface area contributed by atoms with Crippen molar-refractivity contribution in [2.45, 2.75) is 32.1 Å². The second-order valence-electron chi connectivity index (χ2n) is 4.42. The van der Waals surface area contributed by atoms with Crippen molar-refractivity contribution >= 4 is 0 Å². The molecule has 2 heteroatoms. The molecular formula is C10H15NO. The minimum absolute atomic E-state index is 0.216. The third-order valence-corrected chi connectivity index (χ3v) is 3.88. The van der Waals surface area contributed by atoms with Crippen molar-refractivity contribution < 1.29 is 5.11 Å². The molecule has 66 valence electrons. The predicted octanol–water partition coefficient (Wildman–Crippen LogP) is 1.70. The summed E-state index contributed by atoms with van der Waals surface area (Å²) in [5, 5.41) is 17.9. The lowest BCUT2D eigenvalue weighted by Gasteiger charge is -2.31. The quantitative estimate of drug-likeness (QED) is 0.676. The van der Waals surface area contributed by atoms with E-state index in [0.29, 0.717) is 12.3 Å². The van der Waals surface area contributed by atoms with E-state index in [1.165, 1.54) is 19.3 Å². The number of nitrogens with zero attached hydrogens (tertiary/aromatic N) is 1. The van der Waals surface area contributed by atoms with Gasteiger partial charge in [0, 0.05) is 13.0 Å². The van der Waals surface area contributed by atoms with Crippen molar-refractivity contribution in [3.05, 3.63) is 0 Å². The maximum atomic E-state index is 9.17. The number of rotatable bonds is 2. The van der Waals surface area contributed by atoms with Gasteiger partial charge in [-0.05, 0) is 42.9 Å². The number of hydrogen-bond donors (Lipinski definition) is 1. The molecule has 2 rings (SSSR count). The Hall–Kier alpha value is -0.550. The highest BCUT2D eigenvalue weighted by molar-refractivity contribution is 5.04. The van der Waals surface area contributed by atoms with Gasteiger partial charge >= 0.3 is 0 Å². The van der Waals surface area contributed by atoms with Gasteiger partial charge in [0.2, 0.25) is 0 Å². The molecule has 1 N–H and O–H groups in total. The largest absolute Gasteiger partial charge is 0.396 e. The first-order chi connectivity index (χ1) is 5.80. The summed E-state index contributed by atoms with van der Waals surface area (Å²) in [6, 6.07) is 2.28. The number of aliphatic hydroxyl groups is 1. The summed E-state index contributed by atoms with van der Waals surface area (Å²) in [5.74, 6) is 1.24. The maximum Gasteiger partial charge on any atom is 0.0627 e. The molecule has 0 aromatic heterocycles. The van der Waals surface area contributed by atoms with Gasteiger partial charge in [-0.3, -0.25) is 0 Å². The molecule has 2 aliphatic rings. The summed E-state index contributed by atoms with van der Waals surface area (Å²) in [7, 11) is 0. The normalized spacial score (nSPS) is 44.7. The van der Waals surface area contributed by atoms with Crippen LogP contribution in [0.25, 0.3) is 0 Å². The summed E-state index contributed by atoms with van der Waals surface area (Å²) in [6.07, 6.45) is 5.49. The van der Waals surface area contributed by atoms with Gasteiger partial charge in [-0.1, -0.05) is 0 Å². The third kappa shape index (κ3) is 0.964. The molecule has 0 aromatic rings. The second kappa shape index (κ2) is 2.74. The van der Waals surface area contributed by atoms with Crippen LogP contribution in [0.2, 0.25) is 0 Å². The SMILES string of the molecule is N#CCC12CCC(CC1CO)C2. The minimum atomic E-state index is 0.216. The zero-order valence-electron chi connectivity index (χ0n) is 7.29. The Labute approximate surface area is 73.2 Å². The number of hydrogen-bond acceptors (Lipinski definition) is 2. The average molecular weight is 165 g/mol. The van der Waals surface area contributed by atoms with Crippen molar-refractivity contribution in [3.63, 3.8) is 0 Å². The molecule has 3 atom stereocenters. The first-order valence-electron chi connectivity index (χ1n) is 4.78. The van der Waals surface area contributed by atoms with Gasteiger partial charge in [0.25, 0.3) is 0 Å². The first-order valence-corrected chi connectivity index (χ1v) is 4.78. The van der Waals surface area contributed by atoms with Crippen molar-refractivity contribution in [1.29, 1.82) is 5.26 Å². The molecule has 0 saturated heterocycles. The van der Waals surface area contributed by atoms with Gasteiger partial charge in [0.05, 0.1) is 6.07 Å². The fourth-order valence-corrected chi connectivity index (χ4v) is 3.23. The van der Waals surface area contributed by atoms with Crippen LogP contribution in [0.4, 0.5) is 0 Å². The summed E-state index contributed by atoms with van der Waals surface area (Å²) in [5.41, 5.74) is 0.216. The van der Waals surface area contributed by atoms with E-state index in [-0.39, 0.29) is 12.0 Å². The Morgan fingerprint density at radius 2 is 2.42 bits per heavy atom. The van der Waals surface area contributed by atoms with Crippen LogP contribution in [0.5, 0.6) is 0 Å². The van der Waals surface area contributed by atoms with Crippen LogP contribution < -0.4 is 0 Å². The van der Waals surface area contributed by atoms with Gasteiger partial charge in [-0.15, -0.1) is 0 Å². The van der Waals surface area contributed by atoms with E-state index >= 15 is 0 Å². The Kier molecular flexibility index (Phi) is 1.84. The molecular weight excluding hydrogens is 150 g/mol. The van der Waals surface area contributed by atoms with Gasteiger partial charge in [-0.25, -0.2) is 0 Å². The lowest BCUT2D eigenvalue weighted by atomic mass is 9.73. The maximum absolute atomic E-state index is 9.17. The van der Waals surface area contributed by atoms with E-state index in [0.717, 1.165) is 12.3 Å². The number of aliphatic hydroxyl groups excluding tert-OH is 1. The van der Waals surface area contributed by atoms with E-state index in [2.05, 4.69) is 6.07 Å². The van der Waals surface area contributed by atoms with Crippen LogP contribution in [0, 0.1) is 28.6 Å². The highest BCUT2D eigenvalue weighted by Crippen LogP contribution is 2.59. The standard InChI is InChI=1S/C10H15NO/c11-4-3-10-2-1-8(6-10)5-9(10)7-12/h8-9,12H,1-3,5-7H2. The molecule has 0 spiro atoms. The Morgan fingerprint density at radius 3 is 3.00 bits per heavy atom. The molecule has 2 aliphatic carbocycles. The molecule has 0 aliphatic heterocycles. The van der Waals surface area contributed by atoms with Gasteiger partial charge in [-0.2, -0.15) is 5.26 Å². The molecule has 2 nitrogen and oxygen atoms in total. The van der Waals surface area contributed by atoms with Gasteiger partial charge < -0.3 is 5.11 Å². The first kappa shape index (κ1) is 8.07. The predicted molar refractivity (Wildman–Crippen MR) is 45.2 cm³/mol. The summed E-state index contributed by atoms with van der Waals surface area (Å²) in [6.45, 7) is 0.290. The van der Waals surface area contributed by atoms with Gasteiger partial charge in [0.15, 0.2) is 0 Å². The Balaban J connectivity index is 2.15. The summed E-state index contributed by atoms with van der Waals surface area (Å²) >= 11 is 0. The van der Waals surface area contributed by atoms with Crippen LogP contribution in [-0.2, 0) is 0 Å². The zero-order chi connectivity index (χ0) is 8.60. The highest BCUT2D eigenvalue weighted by Gasteiger charge is 2.51. The monoisotopic (exact) mass is 165 g/mol. The van der Waals surface area contributed by atoms with Crippen molar-refractivity contribution in [1.82, 2.24) is 0 Å². The molecule has 0 amide bonds. The van der Waals surface area contributed by atoms with E-state index < -0.39 is 0 Å². The summed E-state index contributed by atoms with van der Waals surface area (Å²) < 4.78 is 0. The van der Waals surface area contributed by atoms with Crippen molar-refractivity contribution in [3.8, 4) is 6.07 Å². The third-order valence-electron chi connectivity index (χ3n) is 3.88. The second-order valence-corrected chi connectivity index (χ2v) is 4.42. The van der Waals surface area contributed by atoms with E-state index in [4.69, 9.17) is 5.26 Å². The zero-order valence-corrected chi connectivity index (χ0v) is 7.29. The molecule has 2 saturated carbocycles.